The Morgan fingerprint density at radius 1 is 0.850 bits per heavy atom. The molecule has 1 atom stereocenters. The van der Waals surface area contributed by atoms with Crippen molar-refractivity contribution < 1.29 is 0 Å². The summed E-state index contributed by atoms with van der Waals surface area (Å²) in [7, 11) is 0. The van der Waals surface area contributed by atoms with Crippen LogP contribution in [0.5, 0.6) is 0 Å². The summed E-state index contributed by atoms with van der Waals surface area (Å²) in [6.07, 6.45) is 12.7. The minimum absolute atomic E-state index is 0.592. The third-order valence-corrected chi connectivity index (χ3v) is 5.01. The maximum atomic E-state index is 3.45. The van der Waals surface area contributed by atoms with E-state index in [1.807, 2.05) is 0 Å². The largest absolute Gasteiger partial charge is 0.314 e. The summed E-state index contributed by atoms with van der Waals surface area (Å²) >= 11 is 0. The molecule has 20 heavy (non-hydrogen) atoms. The number of unbranched alkanes of at least 4 members (excludes halogenated alkanes) is 4. The maximum absolute atomic E-state index is 3.45. The van der Waals surface area contributed by atoms with Gasteiger partial charge in [0.1, 0.15) is 0 Å². The van der Waals surface area contributed by atoms with E-state index in [-0.39, 0.29) is 0 Å². The molecule has 1 unspecified atom stereocenters. The molecule has 0 spiro atoms. The number of hydrogen-bond acceptors (Lipinski definition) is 2. The Hall–Kier alpha value is -0.0800. The highest BCUT2D eigenvalue weighted by Crippen LogP contribution is 2.34. The minimum Gasteiger partial charge on any atom is -0.314 e. The number of rotatable bonds is 11. The van der Waals surface area contributed by atoms with Gasteiger partial charge in [-0.15, -0.1) is 0 Å². The summed E-state index contributed by atoms with van der Waals surface area (Å²) in [4.78, 5) is 2.66. The average Bonchev–Trinajstić information content (AvgIpc) is 2.49. The van der Waals surface area contributed by atoms with Gasteiger partial charge in [0.25, 0.3) is 0 Å². The van der Waals surface area contributed by atoms with Crippen LogP contribution in [0.15, 0.2) is 0 Å². The van der Waals surface area contributed by atoms with Crippen molar-refractivity contribution in [2.24, 2.45) is 5.41 Å². The molecular weight excluding hydrogens is 244 g/mol. The van der Waals surface area contributed by atoms with Gasteiger partial charge in [0.15, 0.2) is 0 Å². The van der Waals surface area contributed by atoms with Gasteiger partial charge in [-0.3, -0.25) is 0 Å². The van der Waals surface area contributed by atoms with Gasteiger partial charge in [-0.05, 0) is 31.2 Å². The fourth-order valence-corrected chi connectivity index (χ4v) is 3.32. The predicted molar refractivity (Wildman–Crippen MR) is 90.3 cm³/mol. The first-order chi connectivity index (χ1) is 9.70. The number of piperazine rings is 1. The van der Waals surface area contributed by atoms with E-state index >= 15 is 0 Å². The van der Waals surface area contributed by atoms with Crippen molar-refractivity contribution in [2.45, 2.75) is 78.6 Å². The third kappa shape index (κ3) is 7.64. The van der Waals surface area contributed by atoms with Crippen molar-refractivity contribution in [3.05, 3.63) is 0 Å². The molecule has 0 aromatic rings. The molecule has 1 aliphatic heterocycles. The van der Waals surface area contributed by atoms with Crippen LogP contribution in [0.3, 0.4) is 0 Å². The lowest BCUT2D eigenvalue weighted by atomic mass is 9.77. The Morgan fingerprint density at radius 3 is 2.15 bits per heavy atom. The molecule has 0 radical (unpaired) electrons. The van der Waals surface area contributed by atoms with Gasteiger partial charge >= 0.3 is 0 Å². The molecule has 0 aromatic heterocycles. The van der Waals surface area contributed by atoms with Gasteiger partial charge < -0.3 is 10.2 Å². The molecule has 0 aliphatic carbocycles. The smallest absolute Gasteiger partial charge is 0.0107 e. The van der Waals surface area contributed by atoms with Crippen LogP contribution < -0.4 is 5.32 Å². The molecule has 2 heteroatoms. The number of nitrogens with zero attached hydrogens (tertiary/aromatic N) is 1. The zero-order chi connectivity index (χ0) is 14.7. The molecule has 120 valence electrons. The van der Waals surface area contributed by atoms with Crippen LogP contribution >= 0.6 is 0 Å². The standard InChI is InChI=1S/C18H38N2/c1-4-6-8-9-11-18(3,10-7-5-2)12-15-20-16-13-19-14-17-20/h19H,4-17H2,1-3H3. The molecule has 1 heterocycles. The summed E-state index contributed by atoms with van der Waals surface area (Å²) in [6, 6.07) is 0. The van der Waals surface area contributed by atoms with Gasteiger partial charge in [0, 0.05) is 26.2 Å². The van der Waals surface area contributed by atoms with Crippen LogP contribution in [0.2, 0.25) is 0 Å². The first-order valence-corrected chi connectivity index (χ1v) is 9.13. The lowest BCUT2D eigenvalue weighted by Gasteiger charge is -2.34. The van der Waals surface area contributed by atoms with Crippen molar-refractivity contribution in [3.8, 4) is 0 Å². The quantitative estimate of drug-likeness (QED) is 0.563. The molecule has 1 saturated heterocycles. The minimum atomic E-state index is 0.592. The van der Waals surface area contributed by atoms with E-state index in [1.54, 1.807) is 0 Å². The second kappa shape index (κ2) is 10.6. The molecule has 0 saturated carbocycles. The maximum Gasteiger partial charge on any atom is 0.0107 e. The third-order valence-electron chi connectivity index (χ3n) is 5.01. The molecule has 1 fully saturated rings. The Labute approximate surface area is 127 Å². The SMILES string of the molecule is CCCCCCC(C)(CCCC)CCN1CCNCC1. The summed E-state index contributed by atoms with van der Waals surface area (Å²) < 4.78 is 0. The van der Waals surface area contributed by atoms with Gasteiger partial charge in [0.2, 0.25) is 0 Å². The highest BCUT2D eigenvalue weighted by Gasteiger charge is 2.24. The van der Waals surface area contributed by atoms with E-state index in [9.17, 15) is 0 Å². The lowest BCUT2D eigenvalue weighted by Crippen LogP contribution is -2.44. The monoisotopic (exact) mass is 282 g/mol. The van der Waals surface area contributed by atoms with Crippen molar-refractivity contribution in [3.63, 3.8) is 0 Å². The van der Waals surface area contributed by atoms with Crippen molar-refractivity contribution >= 4 is 0 Å². The molecule has 1 rings (SSSR count). The van der Waals surface area contributed by atoms with E-state index < -0.39 is 0 Å². The van der Waals surface area contributed by atoms with Crippen molar-refractivity contribution in [1.82, 2.24) is 10.2 Å². The molecule has 0 aromatic carbocycles. The van der Waals surface area contributed by atoms with E-state index in [0.29, 0.717) is 5.41 Å². The van der Waals surface area contributed by atoms with Gasteiger partial charge in [-0.2, -0.15) is 0 Å². The van der Waals surface area contributed by atoms with Crippen molar-refractivity contribution in [1.29, 1.82) is 0 Å². The summed E-state index contributed by atoms with van der Waals surface area (Å²) in [5.41, 5.74) is 0.592. The Balaban J connectivity index is 2.31. The molecule has 2 nitrogen and oxygen atoms in total. The zero-order valence-electron chi connectivity index (χ0n) is 14.3. The van der Waals surface area contributed by atoms with E-state index in [0.717, 1.165) is 0 Å². The first-order valence-electron chi connectivity index (χ1n) is 9.13. The summed E-state index contributed by atoms with van der Waals surface area (Å²) in [5.74, 6) is 0. The number of nitrogens with one attached hydrogen (secondary N) is 1. The van der Waals surface area contributed by atoms with Crippen LogP contribution in [-0.2, 0) is 0 Å². The van der Waals surface area contributed by atoms with Crippen LogP contribution in [-0.4, -0.2) is 37.6 Å². The fraction of sp³-hybridized carbons (Fsp3) is 1.00. The molecular formula is C18H38N2. The summed E-state index contributed by atoms with van der Waals surface area (Å²) in [5, 5.41) is 3.45. The Morgan fingerprint density at radius 2 is 1.50 bits per heavy atom. The van der Waals surface area contributed by atoms with Crippen LogP contribution in [0.25, 0.3) is 0 Å². The predicted octanol–water partition coefficient (Wildman–Crippen LogP) is 4.45. The highest BCUT2D eigenvalue weighted by molar-refractivity contribution is 4.78. The van der Waals surface area contributed by atoms with E-state index in [2.05, 4.69) is 31.0 Å². The highest BCUT2D eigenvalue weighted by atomic mass is 15.2. The van der Waals surface area contributed by atoms with Crippen molar-refractivity contribution in [2.75, 3.05) is 32.7 Å². The topological polar surface area (TPSA) is 15.3 Å². The fourth-order valence-electron chi connectivity index (χ4n) is 3.32. The normalized spacial score (nSPS) is 19.9. The second-order valence-corrected chi connectivity index (χ2v) is 7.07. The van der Waals surface area contributed by atoms with Gasteiger partial charge in [0.05, 0.1) is 0 Å². The zero-order valence-corrected chi connectivity index (χ0v) is 14.3. The molecule has 0 bridgehead atoms. The molecule has 1 N–H and O–H groups in total. The molecule has 1 aliphatic rings. The van der Waals surface area contributed by atoms with Crippen LogP contribution in [0.1, 0.15) is 78.6 Å². The first kappa shape index (κ1) is 18.0. The van der Waals surface area contributed by atoms with E-state index in [1.165, 1.54) is 90.5 Å². The molecule has 0 amide bonds. The van der Waals surface area contributed by atoms with Crippen LogP contribution in [0.4, 0.5) is 0 Å². The Kier molecular flexibility index (Phi) is 9.54. The second-order valence-electron chi connectivity index (χ2n) is 7.07. The lowest BCUT2D eigenvalue weighted by molar-refractivity contribution is 0.166. The van der Waals surface area contributed by atoms with Gasteiger partial charge in [-0.25, -0.2) is 0 Å². The summed E-state index contributed by atoms with van der Waals surface area (Å²) in [6.45, 7) is 13.4. The van der Waals surface area contributed by atoms with E-state index in [4.69, 9.17) is 0 Å². The van der Waals surface area contributed by atoms with Crippen LogP contribution in [0, 0.1) is 5.41 Å². The van der Waals surface area contributed by atoms with Gasteiger partial charge in [-0.1, -0.05) is 59.3 Å². The Bertz CT molecular complexity index is 223. The number of hydrogen-bond donors (Lipinski definition) is 1. The average molecular weight is 283 g/mol.